The van der Waals surface area contributed by atoms with Crippen molar-refractivity contribution in [1.29, 1.82) is 0 Å². The first-order chi connectivity index (χ1) is 14.7. The molecule has 4 aromatic carbocycles. The van der Waals surface area contributed by atoms with Crippen LogP contribution in [0.2, 0.25) is 0 Å². The molecule has 0 saturated carbocycles. The maximum Gasteiger partial charge on any atom is 0.146 e. The van der Waals surface area contributed by atoms with Gasteiger partial charge in [-0.05, 0) is 41.8 Å². The van der Waals surface area contributed by atoms with Crippen molar-refractivity contribution in [2.45, 2.75) is 0 Å². The molecule has 0 aliphatic carbocycles. The van der Waals surface area contributed by atoms with Gasteiger partial charge in [0.05, 0.1) is 12.8 Å². The van der Waals surface area contributed by atoms with Gasteiger partial charge < -0.3 is 14.9 Å². The molecule has 7 heteroatoms. The van der Waals surface area contributed by atoms with Crippen LogP contribution in [0.3, 0.4) is 0 Å². The van der Waals surface area contributed by atoms with E-state index in [1.54, 1.807) is 43.5 Å². The van der Waals surface area contributed by atoms with Crippen molar-refractivity contribution < 1.29 is 14.9 Å². The van der Waals surface area contributed by atoms with Crippen LogP contribution in [-0.4, -0.2) is 17.3 Å². The van der Waals surface area contributed by atoms with Crippen LogP contribution in [0.5, 0.6) is 17.2 Å². The van der Waals surface area contributed by atoms with Crippen molar-refractivity contribution in [2.75, 3.05) is 7.11 Å². The van der Waals surface area contributed by atoms with Gasteiger partial charge in [0.25, 0.3) is 0 Å². The lowest BCUT2D eigenvalue weighted by Gasteiger charge is -2.04. The summed E-state index contributed by atoms with van der Waals surface area (Å²) in [6.07, 6.45) is 0. The largest absolute Gasteiger partial charge is 0.506 e. The Labute approximate surface area is 172 Å². The van der Waals surface area contributed by atoms with Gasteiger partial charge in [0.15, 0.2) is 0 Å². The molecule has 0 spiro atoms. The SMILES string of the molecule is COc1ccccc1N=Nc1ccc(O)c(N=Nc2c(O)ccc3ccccc23)c1. The molecule has 2 N–H and O–H groups in total. The van der Waals surface area contributed by atoms with Crippen molar-refractivity contribution in [1.82, 2.24) is 0 Å². The van der Waals surface area contributed by atoms with Crippen LogP contribution in [0.4, 0.5) is 22.7 Å². The third-order valence-electron chi connectivity index (χ3n) is 4.45. The van der Waals surface area contributed by atoms with E-state index in [4.69, 9.17) is 4.74 Å². The van der Waals surface area contributed by atoms with Gasteiger partial charge in [-0.1, -0.05) is 42.5 Å². The second kappa shape index (κ2) is 8.40. The Balaban J connectivity index is 1.66. The highest BCUT2D eigenvalue weighted by molar-refractivity contribution is 5.95. The third kappa shape index (κ3) is 3.95. The molecular weight excluding hydrogens is 380 g/mol. The minimum Gasteiger partial charge on any atom is -0.506 e. The predicted molar refractivity (Wildman–Crippen MR) is 115 cm³/mol. The summed E-state index contributed by atoms with van der Waals surface area (Å²) in [6, 6.07) is 22.8. The smallest absolute Gasteiger partial charge is 0.146 e. The van der Waals surface area contributed by atoms with Gasteiger partial charge in [0.1, 0.15) is 34.3 Å². The fourth-order valence-corrected chi connectivity index (χ4v) is 2.93. The molecule has 0 amide bonds. The molecule has 0 heterocycles. The van der Waals surface area contributed by atoms with Crippen LogP contribution in [0.1, 0.15) is 0 Å². The summed E-state index contributed by atoms with van der Waals surface area (Å²) in [5.74, 6) is 0.546. The van der Waals surface area contributed by atoms with Gasteiger partial charge in [-0.15, -0.1) is 15.3 Å². The normalized spacial score (nSPS) is 11.5. The van der Waals surface area contributed by atoms with Crippen molar-refractivity contribution in [3.63, 3.8) is 0 Å². The first kappa shape index (κ1) is 19.1. The molecule has 0 unspecified atom stereocenters. The molecule has 7 nitrogen and oxygen atoms in total. The summed E-state index contributed by atoms with van der Waals surface area (Å²) >= 11 is 0. The molecule has 30 heavy (non-hydrogen) atoms. The lowest BCUT2D eigenvalue weighted by Crippen LogP contribution is -1.81. The molecule has 4 rings (SSSR count). The van der Waals surface area contributed by atoms with E-state index in [0.29, 0.717) is 22.8 Å². The van der Waals surface area contributed by atoms with Gasteiger partial charge in [0, 0.05) is 5.39 Å². The van der Waals surface area contributed by atoms with Crippen molar-refractivity contribution in [3.05, 3.63) is 78.9 Å². The Morgan fingerprint density at radius 1 is 0.667 bits per heavy atom. The number of para-hydroxylation sites is 1. The van der Waals surface area contributed by atoms with E-state index in [2.05, 4.69) is 20.5 Å². The molecule has 0 radical (unpaired) electrons. The average molecular weight is 398 g/mol. The zero-order valence-corrected chi connectivity index (χ0v) is 16.1. The Bertz CT molecular complexity index is 1270. The molecule has 0 fully saturated rings. The highest BCUT2D eigenvalue weighted by Crippen LogP contribution is 2.38. The zero-order valence-electron chi connectivity index (χ0n) is 16.1. The number of methoxy groups -OCH3 is 1. The Morgan fingerprint density at radius 2 is 1.40 bits per heavy atom. The van der Waals surface area contributed by atoms with Crippen LogP contribution >= 0.6 is 0 Å². The van der Waals surface area contributed by atoms with Crippen molar-refractivity contribution in [2.24, 2.45) is 20.5 Å². The summed E-state index contributed by atoms with van der Waals surface area (Å²) in [7, 11) is 1.57. The van der Waals surface area contributed by atoms with Crippen LogP contribution in [0.25, 0.3) is 10.8 Å². The summed E-state index contributed by atoms with van der Waals surface area (Å²) in [4.78, 5) is 0. The third-order valence-corrected chi connectivity index (χ3v) is 4.45. The standard InChI is InChI=1S/C23H18N4O3/c1-30-22-9-5-4-8-18(22)25-24-16-11-13-20(28)19(14-16)26-27-23-17-7-3-2-6-15(17)10-12-21(23)29/h2-14,28-29H,1H3. The second-order valence-corrected chi connectivity index (χ2v) is 6.40. The Hall–Kier alpha value is -4.26. The van der Waals surface area contributed by atoms with E-state index in [9.17, 15) is 10.2 Å². The van der Waals surface area contributed by atoms with Gasteiger partial charge in [-0.2, -0.15) is 5.11 Å². The minimum atomic E-state index is -0.0604. The topological polar surface area (TPSA) is 99.1 Å². The maximum atomic E-state index is 10.2. The highest BCUT2D eigenvalue weighted by atomic mass is 16.5. The molecule has 0 saturated heterocycles. The van der Waals surface area contributed by atoms with E-state index >= 15 is 0 Å². The average Bonchev–Trinajstić information content (AvgIpc) is 2.78. The Kier molecular flexibility index (Phi) is 5.34. The van der Waals surface area contributed by atoms with E-state index in [1.807, 2.05) is 36.4 Å². The van der Waals surface area contributed by atoms with Gasteiger partial charge >= 0.3 is 0 Å². The predicted octanol–water partition coefficient (Wildman–Crippen LogP) is 7.09. The fraction of sp³-hybridized carbons (Fsp3) is 0.0435. The molecule has 0 aliphatic rings. The number of hydrogen-bond donors (Lipinski definition) is 2. The van der Waals surface area contributed by atoms with Gasteiger partial charge in [-0.3, -0.25) is 0 Å². The Morgan fingerprint density at radius 3 is 2.27 bits per heavy atom. The summed E-state index contributed by atoms with van der Waals surface area (Å²) in [5, 5.41) is 38.7. The molecule has 148 valence electrons. The van der Waals surface area contributed by atoms with Crippen LogP contribution in [-0.2, 0) is 0 Å². The van der Waals surface area contributed by atoms with Crippen LogP contribution in [0.15, 0.2) is 99.3 Å². The first-order valence-corrected chi connectivity index (χ1v) is 9.16. The van der Waals surface area contributed by atoms with Gasteiger partial charge in [0.2, 0.25) is 0 Å². The molecule has 0 atom stereocenters. The maximum absolute atomic E-state index is 10.2. The number of phenols is 2. The van der Waals surface area contributed by atoms with Crippen molar-refractivity contribution >= 4 is 33.5 Å². The van der Waals surface area contributed by atoms with E-state index in [1.165, 1.54) is 6.07 Å². The lowest BCUT2D eigenvalue weighted by molar-refractivity contribution is 0.416. The molecule has 0 aliphatic heterocycles. The summed E-state index contributed by atoms with van der Waals surface area (Å²) in [5.41, 5.74) is 1.60. The number of fused-ring (bicyclic) bond motifs is 1. The number of aromatic hydroxyl groups is 2. The lowest BCUT2D eigenvalue weighted by atomic mass is 10.1. The molecule has 4 aromatic rings. The summed E-state index contributed by atoms with van der Waals surface area (Å²) < 4.78 is 5.26. The van der Waals surface area contributed by atoms with Gasteiger partial charge in [-0.25, -0.2) is 0 Å². The number of benzene rings is 4. The number of ether oxygens (including phenoxy) is 1. The number of hydrogen-bond acceptors (Lipinski definition) is 7. The molecule has 0 bridgehead atoms. The number of nitrogens with zero attached hydrogens (tertiary/aromatic N) is 4. The number of phenolic OH excluding ortho intramolecular Hbond substituents is 2. The first-order valence-electron chi connectivity index (χ1n) is 9.16. The minimum absolute atomic E-state index is 0.00366. The van der Waals surface area contributed by atoms with E-state index in [-0.39, 0.29) is 17.2 Å². The van der Waals surface area contributed by atoms with E-state index in [0.717, 1.165) is 10.8 Å². The molecule has 0 aromatic heterocycles. The summed E-state index contributed by atoms with van der Waals surface area (Å²) in [6.45, 7) is 0. The quantitative estimate of drug-likeness (QED) is 0.351. The molecular formula is C23H18N4O3. The fourth-order valence-electron chi connectivity index (χ4n) is 2.93. The van der Waals surface area contributed by atoms with Crippen molar-refractivity contribution in [3.8, 4) is 17.2 Å². The number of azo groups is 2. The van der Waals surface area contributed by atoms with Crippen LogP contribution in [0, 0.1) is 0 Å². The van der Waals surface area contributed by atoms with E-state index < -0.39 is 0 Å². The van der Waals surface area contributed by atoms with Crippen LogP contribution < -0.4 is 4.74 Å². The number of rotatable bonds is 5. The zero-order chi connectivity index (χ0) is 20.9. The second-order valence-electron chi connectivity index (χ2n) is 6.40. The monoisotopic (exact) mass is 398 g/mol. The highest BCUT2D eigenvalue weighted by Gasteiger charge is 2.08.